The van der Waals surface area contributed by atoms with Gasteiger partial charge in [0.1, 0.15) is 0 Å². The molecular weight excluding hydrogens is 272 g/mol. The van der Waals surface area contributed by atoms with Crippen LogP contribution >= 0.6 is 45.1 Å². The van der Waals surface area contributed by atoms with Crippen LogP contribution in [0.5, 0.6) is 0 Å². The summed E-state index contributed by atoms with van der Waals surface area (Å²) in [6, 6.07) is 0. The maximum absolute atomic E-state index is 2.31. The zero-order valence-corrected chi connectivity index (χ0v) is 14.3. The van der Waals surface area contributed by atoms with E-state index in [0.29, 0.717) is 0 Å². The van der Waals surface area contributed by atoms with Gasteiger partial charge in [-0.3, -0.25) is 0 Å². The predicted molar refractivity (Wildman–Crippen MR) is 89.3 cm³/mol. The standard InChI is InChI=1S/C12H26S4/c1-5-11(13-7-3)9-15-16-10-12(6-2)14-8-4/h11-12H,5-10H2,1-4H3. The molecule has 4 heteroatoms. The van der Waals surface area contributed by atoms with Gasteiger partial charge in [-0.2, -0.15) is 23.5 Å². The molecule has 0 heterocycles. The second-order valence-electron chi connectivity index (χ2n) is 3.54. The van der Waals surface area contributed by atoms with Crippen LogP contribution in [-0.2, 0) is 0 Å². The fraction of sp³-hybridized carbons (Fsp3) is 1.00. The molecule has 0 N–H and O–H groups in total. The zero-order chi connectivity index (χ0) is 12.2. The highest BCUT2D eigenvalue weighted by molar-refractivity contribution is 8.76. The van der Waals surface area contributed by atoms with Crippen LogP contribution < -0.4 is 0 Å². The SMILES string of the molecule is CCSC(CC)CSSCC(CC)SCC. The second kappa shape index (κ2) is 12.8. The van der Waals surface area contributed by atoms with Crippen LogP contribution in [0.4, 0.5) is 0 Å². The van der Waals surface area contributed by atoms with E-state index >= 15 is 0 Å². The third kappa shape index (κ3) is 9.43. The minimum absolute atomic E-state index is 0.862. The topological polar surface area (TPSA) is 0 Å². The van der Waals surface area contributed by atoms with Crippen molar-refractivity contribution in [3.8, 4) is 0 Å². The summed E-state index contributed by atoms with van der Waals surface area (Å²) in [7, 11) is 4.16. The van der Waals surface area contributed by atoms with E-state index in [9.17, 15) is 0 Å². The Hall–Kier alpha value is 1.40. The van der Waals surface area contributed by atoms with Gasteiger partial charge in [0.25, 0.3) is 0 Å². The fourth-order valence-electron chi connectivity index (χ4n) is 1.29. The second-order valence-corrected chi connectivity index (χ2v) is 9.25. The van der Waals surface area contributed by atoms with Gasteiger partial charge in [-0.25, -0.2) is 0 Å². The average molecular weight is 299 g/mol. The molecule has 0 aliphatic rings. The van der Waals surface area contributed by atoms with E-state index in [2.05, 4.69) is 72.8 Å². The van der Waals surface area contributed by atoms with Crippen molar-refractivity contribution in [2.24, 2.45) is 0 Å². The van der Waals surface area contributed by atoms with Crippen molar-refractivity contribution in [2.45, 2.75) is 51.0 Å². The molecule has 16 heavy (non-hydrogen) atoms. The first-order chi connectivity index (χ1) is 7.78. The molecule has 0 saturated carbocycles. The Morgan fingerprint density at radius 2 is 1.06 bits per heavy atom. The first-order valence-electron chi connectivity index (χ1n) is 6.25. The summed E-state index contributed by atoms with van der Waals surface area (Å²) in [4.78, 5) is 0. The average Bonchev–Trinajstić information content (AvgIpc) is 2.31. The molecular formula is C12H26S4. The van der Waals surface area contributed by atoms with E-state index in [4.69, 9.17) is 0 Å². The highest BCUT2D eigenvalue weighted by Crippen LogP contribution is 2.31. The lowest BCUT2D eigenvalue weighted by atomic mass is 10.4. The van der Waals surface area contributed by atoms with Crippen LogP contribution in [0.3, 0.4) is 0 Å². The normalized spacial score (nSPS) is 15.0. The molecule has 0 aliphatic carbocycles. The van der Waals surface area contributed by atoms with E-state index in [1.165, 1.54) is 35.9 Å². The molecule has 0 aromatic heterocycles. The van der Waals surface area contributed by atoms with Gasteiger partial charge >= 0.3 is 0 Å². The monoisotopic (exact) mass is 298 g/mol. The van der Waals surface area contributed by atoms with E-state index in [1.54, 1.807) is 0 Å². The fourth-order valence-corrected chi connectivity index (χ4v) is 6.93. The molecule has 0 rings (SSSR count). The minimum Gasteiger partial charge on any atom is -0.158 e. The van der Waals surface area contributed by atoms with Crippen LogP contribution in [0, 0.1) is 0 Å². The van der Waals surface area contributed by atoms with Gasteiger partial charge in [-0.1, -0.05) is 49.3 Å². The molecule has 0 amide bonds. The van der Waals surface area contributed by atoms with Gasteiger partial charge in [0.15, 0.2) is 0 Å². The van der Waals surface area contributed by atoms with Gasteiger partial charge in [0, 0.05) is 22.0 Å². The van der Waals surface area contributed by atoms with Gasteiger partial charge in [-0.05, 0) is 24.3 Å². The summed E-state index contributed by atoms with van der Waals surface area (Å²) in [5.74, 6) is 5.14. The lowest BCUT2D eigenvalue weighted by Gasteiger charge is -2.15. The molecule has 0 fully saturated rings. The summed E-state index contributed by atoms with van der Waals surface area (Å²) < 4.78 is 0. The first-order valence-corrected chi connectivity index (χ1v) is 10.8. The largest absolute Gasteiger partial charge is 0.158 e. The smallest absolute Gasteiger partial charge is 0.0156 e. The number of hydrogen-bond donors (Lipinski definition) is 0. The van der Waals surface area contributed by atoms with Gasteiger partial charge in [0.05, 0.1) is 0 Å². The highest BCUT2D eigenvalue weighted by atomic mass is 33.1. The van der Waals surface area contributed by atoms with Gasteiger partial charge in [0.2, 0.25) is 0 Å². The van der Waals surface area contributed by atoms with Crippen LogP contribution in [0.15, 0.2) is 0 Å². The van der Waals surface area contributed by atoms with Crippen LogP contribution in [0.2, 0.25) is 0 Å². The Bertz CT molecular complexity index is 125. The molecule has 0 bridgehead atoms. The minimum atomic E-state index is 0.862. The maximum Gasteiger partial charge on any atom is 0.0156 e. The van der Waals surface area contributed by atoms with E-state index in [-0.39, 0.29) is 0 Å². The van der Waals surface area contributed by atoms with Crippen LogP contribution in [0.25, 0.3) is 0 Å². The number of rotatable bonds is 11. The molecule has 2 unspecified atom stereocenters. The summed E-state index contributed by atoms with van der Waals surface area (Å²) in [5, 5.41) is 1.72. The Labute approximate surface area is 119 Å². The van der Waals surface area contributed by atoms with E-state index in [1.807, 2.05) is 0 Å². The Balaban J connectivity index is 3.48. The van der Waals surface area contributed by atoms with Crippen molar-refractivity contribution in [1.29, 1.82) is 0 Å². The van der Waals surface area contributed by atoms with E-state index < -0.39 is 0 Å². The summed E-state index contributed by atoms with van der Waals surface area (Å²) in [6.07, 6.45) is 2.62. The molecule has 2 atom stereocenters. The third-order valence-electron chi connectivity index (χ3n) is 2.31. The van der Waals surface area contributed by atoms with Crippen molar-refractivity contribution in [3.05, 3.63) is 0 Å². The number of thioether (sulfide) groups is 2. The first kappa shape index (κ1) is 17.4. The molecule has 0 radical (unpaired) electrons. The zero-order valence-electron chi connectivity index (χ0n) is 11.0. The van der Waals surface area contributed by atoms with Gasteiger partial charge in [-0.15, -0.1) is 0 Å². The molecule has 0 nitrogen and oxygen atoms in total. The number of hydrogen-bond acceptors (Lipinski definition) is 4. The molecule has 0 aliphatic heterocycles. The van der Waals surface area contributed by atoms with Crippen molar-refractivity contribution < 1.29 is 0 Å². The Morgan fingerprint density at radius 1 is 0.688 bits per heavy atom. The molecule has 98 valence electrons. The molecule has 0 aromatic rings. The molecule has 0 spiro atoms. The molecule has 0 aromatic carbocycles. The maximum atomic E-state index is 2.31. The predicted octanol–water partition coefficient (Wildman–Crippen LogP) is 5.43. The Kier molecular flexibility index (Phi) is 14.0. The van der Waals surface area contributed by atoms with Crippen molar-refractivity contribution in [3.63, 3.8) is 0 Å². The van der Waals surface area contributed by atoms with Crippen molar-refractivity contribution >= 4 is 45.1 Å². The lowest BCUT2D eigenvalue weighted by Crippen LogP contribution is -2.06. The van der Waals surface area contributed by atoms with E-state index in [0.717, 1.165) is 10.5 Å². The quantitative estimate of drug-likeness (QED) is 0.368. The van der Waals surface area contributed by atoms with Crippen LogP contribution in [-0.4, -0.2) is 33.5 Å². The summed E-state index contributed by atoms with van der Waals surface area (Å²) >= 11 is 4.22. The van der Waals surface area contributed by atoms with Crippen molar-refractivity contribution in [2.75, 3.05) is 23.0 Å². The summed E-state index contributed by atoms with van der Waals surface area (Å²) in [6.45, 7) is 9.13. The van der Waals surface area contributed by atoms with Gasteiger partial charge < -0.3 is 0 Å². The lowest BCUT2D eigenvalue weighted by molar-refractivity contribution is 0.916. The van der Waals surface area contributed by atoms with Crippen molar-refractivity contribution in [1.82, 2.24) is 0 Å². The summed E-state index contributed by atoms with van der Waals surface area (Å²) in [5.41, 5.74) is 0. The Morgan fingerprint density at radius 3 is 1.31 bits per heavy atom. The molecule has 0 saturated heterocycles. The van der Waals surface area contributed by atoms with Crippen LogP contribution in [0.1, 0.15) is 40.5 Å². The highest BCUT2D eigenvalue weighted by Gasteiger charge is 2.08. The third-order valence-corrected chi connectivity index (χ3v) is 7.90.